The van der Waals surface area contributed by atoms with E-state index in [1.807, 2.05) is 0 Å². The van der Waals surface area contributed by atoms with E-state index in [2.05, 4.69) is 19.2 Å². The van der Waals surface area contributed by atoms with Crippen molar-refractivity contribution in [2.24, 2.45) is 16.7 Å². The van der Waals surface area contributed by atoms with Gasteiger partial charge in [0.1, 0.15) is 6.54 Å². The monoisotopic (exact) mass is 294 g/mol. The molecule has 4 aliphatic carbocycles. The third kappa shape index (κ3) is 2.62. The van der Waals surface area contributed by atoms with Crippen LogP contribution in [-0.2, 0) is 4.79 Å². The number of amides is 2. The van der Waals surface area contributed by atoms with Gasteiger partial charge in [0.25, 0.3) is 0 Å². The molecule has 0 saturated heterocycles. The van der Waals surface area contributed by atoms with Gasteiger partial charge in [0.15, 0.2) is 0 Å². The van der Waals surface area contributed by atoms with Gasteiger partial charge >= 0.3 is 12.0 Å². The van der Waals surface area contributed by atoms with Gasteiger partial charge in [-0.25, -0.2) is 4.79 Å². The number of likely N-dealkylation sites (N-methyl/N-ethyl adjacent to an activating group) is 1. The van der Waals surface area contributed by atoms with Crippen molar-refractivity contribution in [1.82, 2.24) is 10.2 Å². The number of aliphatic carboxylic acids is 1. The molecule has 0 aromatic heterocycles. The molecule has 4 aliphatic rings. The number of nitrogens with one attached hydrogen (secondary N) is 1. The smallest absolute Gasteiger partial charge is 0.323 e. The number of carboxylic acid groups (broad SMARTS) is 1. The van der Waals surface area contributed by atoms with Crippen LogP contribution in [0.25, 0.3) is 0 Å². The van der Waals surface area contributed by atoms with Gasteiger partial charge in [-0.05, 0) is 55.3 Å². The molecule has 0 aliphatic heterocycles. The second kappa shape index (κ2) is 4.37. The summed E-state index contributed by atoms with van der Waals surface area (Å²) in [6, 6.07) is -0.244. The van der Waals surface area contributed by atoms with E-state index in [4.69, 9.17) is 5.11 Å². The lowest BCUT2D eigenvalue weighted by Crippen LogP contribution is -2.66. The normalized spacial score (nSPS) is 43.7. The molecule has 5 heteroatoms. The fourth-order valence-electron chi connectivity index (χ4n) is 6.18. The van der Waals surface area contributed by atoms with Crippen molar-refractivity contribution in [2.45, 2.75) is 57.9 Å². The third-order valence-electron chi connectivity index (χ3n) is 5.72. The largest absolute Gasteiger partial charge is 0.480 e. The number of rotatable bonds is 3. The van der Waals surface area contributed by atoms with Crippen LogP contribution in [0.3, 0.4) is 0 Å². The van der Waals surface area contributed by atoms with Crippen LogP contribution in [0.1, 0.15) is 52.4 Å². The van der Waals surface area contributed by atoms with Crippen LogP contribution in [0.15, 0.2) is 0 Å². The average Bonchev–Trinajstić information content (AvgIpc) is 2.21. The van der Waals surface area contributed by atoms with Crippen molar-refractivity contribution < 1.29 is 14.7 Å². The molecule has 118 valence electrons. The zero-order chi connectivity index (χ0) is 15.5. The Bertz CT molecular complexity index is 472. The Kier molecular flexibility index (Phi) is 3.05. The van der Waals surface area contributed by atoms with Crippen molar-refractivity contribution in [3.63, 3.8) is 0 Å². The maximum Gasteiger partial charge on any atom is 0.323 e. The first-order chi connectivity index (χ1) is 9.63. The predicted octanol–water partition coefficient (Wildman–Crippen LogP) is 2.46. The average molecular weight is 294 g/mol. The fourth-order valence-corrected chi connectivity index (χ4v) is 6.18. The van der Waals surface area contributed by atoms with E-state index in [0.29, 0.717) is 16.7 Å². The summed E-state index contributed by atoms with van der Waals surface area (Å²) < 4.78 is 0. The van der Waals surface area contributed by atoms with Gasteiger partial charge in [0, 0.05) is 12.6 Å². The molecular weight excluding hydrogens is 268 g/mol. The van der Waals surface area contributed by atoms with Gasteiger partial charge in [0.2, 0.25) is 0 Å². The lowest BCUT2D eigenvalue weighted by Gasteiger charge is -2.65. The molecule has 2 amide bonds. The van der Waals surface area contributed by atoms with E-state index in [1.165, 1.54) is 24.2 Å². The van der Waals surface area contributed by atoms with Crippen molar-refractivity contribution in [3.8, 4) is 0 Å². The van der Waals surface area contributed by atoms with Crippen LogP contribution in [0.4, 0.5) is 4.79 Å². The van der Waals surface area contributed by atoms with E-state index >= 15 is 0 Å². The highest BCUT2D eigenvalue weighted by molar-refractivity contribution is 5.80. The molecule has 4 saturated carbocycles. The Morgan fingerprint density at radius 3 is 2.19 bits per heavy atom. The standard InChI is InChI=1S/C16H26N2O3/c1-14-4-11-5-15(2,8-14)10-16(6-11,9-14)17-13(21)18(3)7-12(19)20/h11H,4-10H2,1-3H3,(H,17,21)(H,19,20). The Hall–Kier alpha value is -1.26. The maximum absolute atomic E-state index is 12.3. The number of carbonyl (C=O) groups is 2. The maximum atomic E-state index is 12.3. The second-order valence-electron chi connectivity index (χ2n) is 8.59. The van der Waals surface area contributed by atoms with Crippen molar-refractivity contribution in [2.75, 3.05) is 13.6 Å². The quantitative estimate of drug-likeness (QED) is 0.840. The van der Waals surface area contributed by atoms with Gasteiger partial charge in [-0.3, -0.25) is 4.79 Å². The number of urea groups is 1. The lowest BCUT2D eigenvalue weighted by atomic mass is 9.43. The summed E-state index contributed by atoms with van der Waals surface area (Å²) in [5, 5.41) is 12.0. The van der Waals surface area contributed by atoms with Crippen LogP contribution in [0, 0.1) is 16.7 Å². The molecule has 4 bridgehead atoms. The zero-order valence-corrected chi connectivity index (χ0v) is 13.2. The summed E-state index contributed by atoms with van der Waals surface area (Å²) in [6.45, 7) is 4.47. The minimum atomic E-state index is -0.975. The number of hydrogen-bond acceptors (Lipinski definition) is 2. The highest BCUT2D eigenvalue weighted by atomic mass is 16.4. The first kappa shape index (κ1) is 14.7. The van der Waals surface area contributed by atoms with E-state index in [-0.39, 0.29) is 18.1 Å². The highest BCUT2D eigenvalue weighted by Crippen LogP contribution is 2.66. The summed E-state index contributed by atoms with van der Waals surface area (Å²) in [6.07, 6.45) is 6.97. The van der Waals surface area contributed by atoms with E-state index in [0.717, 1.165) is 19.3 Å². The topological polar surface area (TPSA) is 69.6 Å². The van der Waals surface area contributed by atoms with Gasteiger partial charge in [-0.15, -0.1) is 0 Å². The van der Waals surface area contributed by atoms with Crippen molar-refractivity contribution in [1.29, 1.82) is 0 Å². The molecule has 4 rings (SSSR count). The molecule has 0 radical (unpaired) electrons. The minimum Gasteiger partial charge on any atom is -0.480 e. The third-order valence-corrected chi connectivity index (χ3v) is 5.72. The molecule has 0 aromatic rings. The van der Waals surface area contributed by atoms with Gasteiger partial charge in [-0.2, -0.15) is 0 Å². The molecule has 2 N–H and O–H groups in total. The summed E-state index contributed by atoms with van der Waals surface area (Å²) >= 11 is 0. The molecule has 0 heterocycles. The molecule has 0 aromatic carbocycles. The summed E-state index contributed by atoms with van der Waals surface area (Å²) in [4.78, 5) is 24.4. The lowest BCUT2D eigenvalue weighted by molar-refractivity contribution is -0.137. The summed E-state index contributed by atoms with van der Waals surface area (Å²) in [5.74, 6) is -0.265. The van der Waals surface area contributed by atoms with Gasteiger partial charge in [-0.1, -0.05) is 13.8 Å². The number of carboxylic acids is 1. The van der Waals surface area contributed by atoms with Crippen LogP contribution in [-0.4, -0.2) is 41.1 Å². The van der Waals surface area contributed by atoms with Crippen molar-refractivity contribution in [3.05, 3.63) is 0 Å². The second-order valence-corrected chi connectivity index (χ2v) is 8.59. The number of carbonyl (C=O) groups excluding carboxylic acids is 1. The predicted molar refractivity (Wildman–Crippen MR) is 78.9 cm³/mol. The SMILES string of the molecule is CN(CC(=O)O)C(=O)NC12CC3CC(C)(CC(C)(C3)C1)C2. The fraction of sp³-hybridized carbons (Fsp3) is 0.875. The van der Waals surface area contributed by atoms with Crippen LogP contribution in [0.5, 0.6) is 0 Å². The van der Waals surface area contributed by atoms with Gasteiger partial charge in [0.05, 0.1) is 0 Å². The van der Waals surface area contributed by atoms with E-state index in [9.17, 15) is 9.59 Å². The molecule has 2 atom stereocenters. The molecule has 5 nitrogen and oxygen atoms in total. The first-order valence-electron chi connectivity index (χ1n) is 7.88. The molecule has 21 heavy (non-hydrogen) atoms. The van der Waals surface area contributed by atoms with Crippen molar-refractivity contribution >= 4 is 12.0 Å². The van der Waals surface area contributed by atoms with E-state index < -0.39 is 5.97 Å². The molecule has 2 unspecified atom stereocenters. The number of hydrogen-bond donors (Lipinski definition) is 2. The van der Waals surface area contributed by atoms with Crippen LogP contribution >= 0.6 is 0 Å². The molecule has 4 fully saturated rings. The summed E-state index contributed by atoms with van der Waals surface area (Å²) in [5.41, 5.74) is 0.562. The Morgan fingerprint density at radius 1 is 1.14 bits per heavy atom. The minimum absolute atomic E-state index is 0.118. The van der Waals surface area contributed by atoms with Crippen LogP contribution in [0.2, 0.25) is 0 Å². The highest BCUT2D eigenvalue weighted by Gasteiger charge is 2.60. The Morgan fingerprint density at radius 2 is 1.71 bits per heavy atom. The first-order valence-corrected chi connectivity index (χ1v) is 7.88. The van der Waals surface area contributed by atoms with Gasteiger partial charge < -0.3 is 15.3 Å². The molecule has 0 spiro atoms. The zero-order valence-electron chi connectivity index (χ0n) is 13.2. The molecular formula is C16H26N2O3. The van der Waals surface area contributed by atoms with Crippen LogP contribution < -0.4 is 5.32 Å². The van der Waals surface area contributed by atoms with E-state index in [1.54, 1.807) is 7.05 Å². The Balaban J connectivity index is 1.76. The Labute approximate surface area is 126 Å². The summed E-state index contributed by atoms with van der Waals surface area (Å²) in [7, 11) is 1.55. The number of nitrogens with zero attached hydrogens (tertiary/aromatic N) is 1.